The summed E-state index contributed by atoms with van der Waals surface area (Å²) in [5, 5.41) is 2.38. The van der Waals surface area contributed by atoms with Gasteiger partial charge in [0.05, 0.1) is 0 Å². The highest BCUT2D eigenvalue weighted by atomic mass is 28.4. The van der Waals surface area contributed by atoms with Crippen LogP contribution in [-0.4, -0.2) is 16.6 Å². The van der Waals surface area contributed by atoms with Crippen molar-refractivity contribution in [2.24, 2.45) is 22.7 Å². The summed E-state index contributed by atoms with van der Waals surface area (Å²) in [6.07, 6.45) is 31.6. The van der Waals surface area contributed by atoms with Gasteiger partial charge in [-0.3, -0.25) is 0 Å². The lowest BCUT2D eigenvalue weighted by Gasteiger charge is -2.55. The van der Waals surface area contributed by atoms with Gasteiger partial charge >= 0.3 is 0 Å². The third-order valence-corrected chi connectivity index (χ3v) is 19.6. The molecule has 0 N–H and O–H groups in total. The van der Waals surface area contributed by atoms with E-state index in [-0.39, 0.29) is 10.8 Å². The first-order valence-corrected chi connectivity index (χ1v) is 23.4. The second-order valence-corrected chi connectivity index (χ2v) is 23.2. The van der Waals surface area contributed by atoms with E-state index in [2.05, 4.69) is 76.5 Å². The topological polar surface area (TPSA) is 9.23 Å². The minimum absolute atomic E-state index is 0.270. The van der Waals surface area contributed by atoms with Crippen LogP contribution in [0.4, 0.5) is 0 Å². The van der Waals surface area contributed by atoms with E-state index >= 15 is 0 Å². The van der Waals surface area contributed by atoms with Crippen LogP contribution in [0, 0.1) is 22.7 Å². The zero-order chi connectivity index (χ0) is 31.5. The number of allylic oxidation sites excluding steroid dienone is 12. The Bertz CT molecular complexity index is 1130. The van der Waals surface area contributed by atoms with Crippen molar-refractivity contribution >= 4 is 16.6 Å². The summed E-state index contributed by atoms with van der Waals surface area (Å²) in [5.74, 6) is 1.58. The molecule has 3 heteroatoms. The van der Waals surface area contributed by atoms with E-state index in [1.54, 1.807) is 0 Å². The summed E-state index contributed by atoms with van der Waals surface area (Å²) in [6.45, 7) is 33.1. The van der Waals surface area contributed by atoms with Crippen molar-refractivity contribution in [1.29, 1.82) is 0 Å². The Morgan fingerprint density at radius 3 is 1.33 bits per heavy atom. The standard InChI is InChI=1S/C40H62OSi2/c1-11-13-15-23-37(31(3)39-27-19-17-21-35(39)25-29-39)33(5)42(7,8)41-43(9,10)34(6)38(24-16-14-12-2)32(4)40-28-20-18-22-36(40)26-30-40/h13-16,23-24,35-36H,3-6,11-12,17-22,25-30H2,1-2,7-10H3. The van der Waals surface area contributed by atoms with Crippen molar-refractivity contribution in [2.45, 2.75) is 130 Å². The van der Waals surface area contributed by atoms with Gasteiger partial charge in [0, 0.05) is 0 Å². The second-order valence-electron chi connectivity index (χ2n) is 15.1. The van der Waals surface area contributed by atoms with Crippen LogP contribution in [-0.2, 0) is 4.12 Å². The van der Waals surface area contributed by atoms with E-state index < -0.39 is 16.6 Å². The lowest BCUT2D eigenvalue weighted by Crippen LogP contribution is -2.50. The Balaban J connectivity index is 1.61. The Labute approximate surface area is 268 Å². The molecule has 236 valence electrons. The third-order valence-electron chi connectivity index (χ3n) is 12.0. The molecule has 4 aliphatic carbocycles. The summed E-state index contributed by atoms with van der Waals surface area (Å²) in [4.78, 5) is 0. The lowest BCUT2D eigenvalue weighted by molar-refractivity contribution is 0.0261. The molecule has 0 heterocycles. The number of hydrogen-bond acceptors (Lipinski definition) is 1. The molecule has 4 saturated carbocycles. The SMILES string of the molecule is C=C(C(=CC=CCC)C(=C)[Si](C)(C)O[Si](C)(C)C(=C)C(=CC=CCC)C(=C)C12CCCCC1CC2)C12CCCCC1CC2. The molecule has 0 aliphatic heterocycles. The minimum atomic E-state index is -2.39. The quantitative estimate of drug-likeness (QED) is 0.140. The smallest absolute Gasteiger partial charge is 0.206 e. The van der Waals surface area contributed by atoms with E-state index in [9.17, 15) is 0 Å². The monoisotopic (exact) mass is 614 g/mol. The summed E-state index contributed by atoms with van der Waals surface area (Å²) in [7, 11) is -4.79. The molecule has 4 atom stereocenters. The van der Waals surface area contributed by atoms with Crippen LogP contribution in [0.15, 0.2) is 95.5 Å². The van der Waals surface area contributed by atoms with Gasteiger partial charge in [-0.2, -0.15) is 0 Å². The summed E-state index contributed by atoms with van der Waals surface area (Å²) in [5.41, 5.74) is 5.75. The van der Waals surface area contributed by atoms with Crippen LogP contribution >= 0.6 is 0 Å². The van der Waals surface area contributed by atoms with Gasteiger partial charge in [-0.15, -0.1) is 0 Å². The molecule has 4 rings (SSSR count). The summed E-state index contributed by atoms with van der Waals surface area (Å²) >= 11 is 0. The summed E-state index contributed by atoms with van der Waals surface area (Å²) < 4.78 is 7.42. The van der Waals surface area contributed by atoms with Crippen LogP contribution < -0.4 is 0 Å². The van der Waals surface area contributed by atoms with Crippen LogP contribution in [0.1, 0.15) is 104 Å². The highest BCUT2D eigenvalue weighted by molar-refractivity contribution is 6.92. The number of fused-ring (bicyclic) bond motifs is 2. The molecule has 4 unspecified atom stereocenters. The first-order chi connectivity index (χ1) is 20.4. The molecule has 0 aromatic heterocycles. The molecule has 4 aliphatic rings. The molecule has 0 spiro atoms. The first-order valence-electron chi connectivity index (χ1n) is 17.6. The van der Waals surface area contributed by atoms with Gasteiger partial charge in [0.1, 0.15) is 0 Å². The van der Waals surface area contributed by atoms with Crippen molar-refractivity contribution in [3.63, 3.8) is 0 Å². The van der Waals surface area contributed by atoms with Crippen LogP contribution in [0.2, 0.25) is 26.2 Å². The molecule has 0 saturated heterocycles. The summed E-state index contributed by atoms with van der Waals surface area (Å²) in [6, 6.07) is 0. The zero-order valence-corrected chi connectivity index (χ0v) is 30.8. The molecule has 0 aromatic rings. The van der Waals surface area contributed by atoms with Crippen molar-refractivity contribution in [1.82, 2.24) is 0 Å². The van der Waals surface area contributed by atoms with E-state index in [4.69, 9.17) is 30.4 Å². The second kappa shape index (κ2) is 13.8. The van der Waals surface area contributed by atoms with Crippen molar-refractivity contribution < 1.29 is 4.12 Å². The lowest BCUT2D eigenvalue weighted by atomic mass is 9.50. The van der Waals surface area contributed by atoms with Gasteiger partial charge in [-0.25, -0.2) is 0 Å². The van der Waals surface area contributed by atoms with Gasteiger partial charge in [-0.1, -0.05) is 102 Å². The number of rotatable bonds is 14. The van der Waals surface area contributed by atoms with Crippen molar-refractivity contribution in [3.05, 3.63) is 95.5 Å². The van der Waals surface area contributed by atoms with Gasteiger partial charge < -0.3 is 4.12 Å². The highest BCUT2D eigenvalue weighted by Crippen LogP contribution is 2.62. The molecule has 0 aromatic carbocycles. The maximum absolute atomic E-state index is 7.42. The fraction of sp³-hybridized carbons (Fsp3) is 0.600. The normalized spacial score (nSPS) is 29.9. The molecule has 43 heavy (non-hydrogen) atoms. The van der Waals surface area contributed by atoms with E-state index in [1.165, 1.54) is 110 Å². The minimum Gasteiger partial charge on any atom is -0.449 e. The van der Waals surface area contributed by atoms with E-state index in [0.717, 1.165) is 24.7 Å². The molecule has 0 radical (unpaired) electrons. The maximum Gasteiger partial charge on any atom is 0.206 e. The van der Waals surface area contributed by atoms with Gasteiger partial charge in [0.2, 0.25) is 16.6 Å². The molecule has 0 bridgehead atoms. The van der Waals surface area contributed by atoms with Crippen molar-refractivity contribution in [3.8, 4) is 0 Å². The van der Waals surface area contributed by atoms with E-state index in [0.29, 0.717) is 0 Å². The van der Waals surface area contributed by atoms with Crippen LogP contribution in [0.5, 0.6) is 0 Å². The Kier molecular flexibility index (Phi) is 10.9. The molecular formula is C40H62OSi2. The fourth-order valence-electron chi connectivity index (χ4n) is 8.97. The predicted octanol–water partition coefficient (Wildman–Crippen LogP) is 12.4. The Hall–Kier alpha value is -1.69. The number of hydrogen-bond donors (Lipinski definition) is 0. The molecule has 0 amide bonds. The molecular weight excluding hydrogens is 553 g/mol. The van der Waals surface area contributed by atoms with Crippen LogP contribution in [0.3, 0.4) is 0 Å². The van der Waals surface area contributed by atoms with E-state index in [1.807, 2.05) is 0 Å². The van der Waals surface area contributed by atoms with Gasteiger partial charge in [0.25, 0.3) is 0 Å². The Morgan fingerprint density at radius 2 is 1.02 bits per heavy atom. The zero-order valence-electron chi connectivity index (χ0n) is 28.8. The fourth-order valence-corrected chi connectivity index (χ4v) is 16.8. The predicted molar refractivity (Wildman–Crippen MR) is 195 cm³/mol. The third kappa shape index (κ3) is 6.65. The molecule has 4 fully saturated rings. The van der Waals surface area contributed by atoms with Crippen molar-refractivity contribution in [2.75, 3.05) is 0 Å². The Morgan fingerprint density at radius 1 is 0.628 bits per heavy atom. The van der Waals surface area contributed by atoms with Crippen LogP contribution in [0.25, 0.3) is 0 Å². The highest BCUT2D eigenvalue weighted by Gasteiger charge is 2.53. The maximum atomic E-state index is 7.42. The average Bonchev–Trinajstić information content (AvgIpc) is 2.93. The van der Waals surface area contributed by atoms with Gasteiger partial charge in [-0.05, 0) is 146 Å². The first kappa shape index (κ1) is 34.2. The van der Waals surface area contributed by atoms with Gasteiger partial charge in [0.15, 0.2) is 0 Å². The average molecular weight is 615 g/mol. The molecule has 1 nitrogen and oxygen atoms in total. The largest absolute Gasteiger partial charge is 0.449 e.